The van der Waals surface area contributed by atoms with Gasteiger partial charge in [0.1, 0.15) is 0 Å². The lowest BCUT2D eigenvalue weighted by Crippen LogP contribution is -2.31. The summed E-state index contributed by atoms with van der Waals surface area (Å²) < 4.78 is 4.83. The number of benzene rings is 1. The summed E-state index contributed by atoms with van der Waals surface area (Å²) in [6, 6.07) is 8.00. The van der Waals surface area contributed by atoms with Gasteiger partial charge < -0.3 is 4.74 Å². The van der Waals surface area contributed by atoms with Crippen molar-refractivity contribution >= 4 is 5.97 Å². The third-order valence-electron chi connectivity index (χ3n) is 2.77. The Balaban J connectivity index is 0. The second kappa shape index (κ2) is 10.6. The largest absolute Gasteiger partial charge is 0.468 e. The van der Waals surface area contributed by atoms with Gasteiger partial charge in [0.25, 0.3) is 0 Å². The van der Waals surface area contributed by atoms with Gasteiger partial charge in [0.15, 0.2) is 0 Å². The Hall–Kier alpha value is -1.31. The second-order valence-electron chi connectivity index (χ2n) is 4.13. The van der Waals surface area contributed by atoms with Crippen molar-refractivity contribution in [2.75, 3.05) is 7.11 Å². The first-order chi connectivity index (χ1) is 9.04. The molecular formula is C17H30O2. The minimum absolute atomic E-state index is 0.191. The Morgan fingerprint density at radius 1 is 1.11 bits per heavy atom. The Labute approximate surface area is 119 Å². The van der Waals surface area contributed by atoms with Crippen molar-refractivity contribution < 1.29 is 9.53 Å². The fraction of sp³-hybridized carbons (Fsp3) is 0.588. The number of hydrogen-bond acceptors (Lipinski definition) is 2. The highest BCUT2D eigenvalue weighted by atomic mass is 16.5. The van der Waals surface area contributed by atoms with Gasteiger partial charge in [-0.1, -0.05) is 58.9 Å². The molecule has 0 amide bonds. The van der Waals surface area contributed by atoms with E-state index in [-0.39, 0.29) is 5.97 Å². The van der Waals surface area contributed by atoms with Crippen LogP contribution in [0, 0.1) is 0 Å². The van der Waals surface area contributed by atoms with Crippen LogP contribution in [0.4, 0.5) is 0 Å². The highest BCUT2D eigenvalue weighted by Gasteiger charge is 2.32. The van der Waals surface area contributed by atoms with E-state index < -0.39 is 5.41 Å². The third kappa shape index (κ3) is 5.46. The number of carbonyl (C=O) groups excluding carboxylic acids is 1. The number of rotatable bonds is 3. The molecule has 0 unspecified atom stereocenters. The van der Waals surface area contributed by atoms with Gasteiger partial charge in [0.2, 0.25) is 0 Å². The molecule has 0 spiro atoms. The molecule has 19 heavy (non-hydrogen) atoms. The van der Waals surface area contributed by atoms with Crippen molar-refractivity contribution in [1.29, 1.82) is 0 Å². The van der Waals surface area contributed by atoms with Crippen LogP contribution >= 0.6 is 0 Å². The molecule has 110 valence electrons. The van der Waals surface area contributed by atoms with Gasteiger partial charge in [-0.05, 0) is 31.4 Å². The zero-order chi connectivity index (χ0) is 15.5. The van der Waals surface area contributed by atoms with E-state index in [1.807, 2.05) is 59.7 Å². The number of ether oxygens (including phenoxy) is 1. The molecule has 1 aromatic carbocycles. The highest BCUT2D eigenvalue weighted by molar-refractivity contribution is 5.82. The number of methoxy groups -OCH3 is 1. The first-order valence-electron chi connectivity index (χ1n) is 7.20. The smallest absolute Gasteiger partial charge is 0.315 e. The van der Waals surface area contributed by atoms with Crippen molar-refractivity contribution in [3.8, 4) is 0 Å². The minimum atomic E-state index is -0.568. The normalized spacial score (nSPS) is 9.47. The van der Waals surface area contributed by atoms with E-state index >= 15 is 0 Å². The predicted octanol–water partition coefficient (Wildman–Crippen LogP) is 4.75. The summed E-state index contributed by atoms with van der Waals surface area (Å²) in [4.78, 5) is 11.7. The molecule has 0 N–H and O–H groups in total. The molecule has 2 heteroatoms. The lowest BCUT2D eigenvalue weighted by molar-refractivity contribution is -0.146. The lowest BCUT2D eigenvalue weighted by Gasteiger charge is -2.24. The van der Waals surface area contributed by atoms with E-state index in [1.54, 1.807) is 0 Å². The molecule has 0 aliphatic heterocycles. The van der Waals surface area contributed by atoms with Crippen molar-refractivity contribution in [3.63, 3.8) is 0 Å². The summed E-state index contributed by atoms with van der Waals surface area (Å²) in [5.74, 6) is -0.191. The van der Waals surface area contributed by atoms with E-state index in [1.165, 1.54) is 12.7 Å². The maximum atomic E-state index is 11.7. The van der Waals surface area contributed by atoms with Gasteiger partial charge in [-0.25, -0.2) is 0 Å². The van der Waals surface area contributed by atoms with E-state index in [2.05, 4.69) is 13.0 Å². The first-order valence-corrected chi connectivity index (χ1v) is 7.20. The van der Waals surface area contributed by atoms with Crippen molar-refractivity contribution in [3.05, 3.63) is 35.4 Å². The topological polar surface area (TPSA) is 26.3 Å². The molecule has 0 heterocycles. The molecule has 1 aromatic rings. The van der Waals surface area contributed by atoms with Crippen LogP contribution in [0.2, 0.25) is 0 Å². The first kappa shape index (κ1) is 20.0. The van der Waals surface area contributed by atoms with Gasteiger partial charge in [0.05, 0.1) is 12.5 Å². The maximum Gasteiger partial charge on any atom is 0.315 e. The van der Waals surface area contributed by atoms with E-state index in [0.29, 0.717) is 0 Å². The molecular weight excluding hydrogens is 236 g/mol. The SMILES string of the molecule is CC.CC.CCc1ccccc1C(C)(C)C(=O)OC. The van der Waals surface area contributed by atoms with Gasteiger partial charge in [-0.3, -0.25) is 4.79 Å². The molecule has 0 radical (unpaired) electrons. The summed E-state index contributed by atoms with van der Waals surface area (Å²) in [6.07, 6.45) is 0.927. The zero-order valence-corrected chi connectivity index (χ0v) is 13.8. The van der Waals surface area contributed by atoms with Crippen LogP contribution in [-0.2, 0) is 21.4 Å². The third-order valence-corrected chi connectivity index (χ3v) is 2.77. The summed E-state index contributed by atoms with van der Waals surface area (Å²) in [6.45, 7) is 13.9. The number of aryl methyl sites for hydroxylation is 1. The van der Waals surface area contributed by atoms with Crippen LogP contribution in [0.25, 0.3) is 0 Å². The molecule has 1 rings (SSSR count). The molecule has 0 aliphatic rings. The monoisotopic (exact) mass is 266 g/mol. The summed E-state index contributed by atoms with van der Waals surface area (Å²) in [5.41, 5.74) is 1.69. The van der Waals surface area contributed by atoms with Gasteiger partial charge in [-0.2, -0.15) is 0 Å². The van der Waals surface area contributed by atoms with Crippen LogP contribution in [-0.4, -0.2) is 13.1 Å². The molecule has 0 aliphatic carbocycles. The van der Waals surface area contributed by atoms with E-state index in [9.17, 15) is 4.79 Å². The number of esters is 1. The Kier molecular flexibility index (Phi) is 11.2. The Bertz CT molecular complexity index is 354. The van der Waals surface area contributed by atoms with Crippen LogP contribution in [0.3, 0.4) is 0 Å². The molecule has 0 saturated heterocycles. The fourth-order valence-electron chi connectivity index (χ4n) is 1.80. The van der Waals surface area contributed by atoms with E-state index in [0.717, 1.165) is 12.0 Å². The van der Waals surface area contributed by atoms with Crippen molar-refractivity contribution in [1.82, 2.24) is 0 Å². The zero-order valence-electron chi connectivity index (χ0n) is 13.8. The molecule has 0 fully saturated rings. The molecule has 0 saturated carbocycles. The quantitative estimate of drug-likeness (QED) is 0.738. The Morgan fingerprint density at radius 2 is 1.58 bits per heavy atom. The van der Waals surface area contributed by atoms with E-state index in [4.69, 9.17) is 4.74 Å². The molecule has 0 atom stereocenters. The minimum Gasteiger partial charge on any atom is -0.468 e. The average molecular weight is 266 g/mol. The van der Waals surface area contributed by atoms with Crippen LogP contribution in [0.1, 0.15) is 59.6 Å². The number of carbonyl (C=O) groups is 1. The maximum absolute atomic E-state index is 11.7. The summed E-state index contributed by atoms with van der Waals surface area (Å²) in [5, 5.41) is 0. The van der Waals surface area contributed by atoms with Gasteiger partial charge >= 0.3 is 5.97 Å². The Morgan fingerprint density at radius 3 is 2.00 bits per heavy atom. The van der Waals surface area contributed by atoms with Crippen molar-refractivity contribution in [2.24, 2.45) is 0 Å². The summed E-state index contributed by atoms with van der Waals surface area (Å²) >= 11 is 0. The molecule has 2 nitrogen and oxygen atoms in total. The fourth-order valence-corrected chi connectivity index (χ4v) is 1.80. The summed E-state index contributed by atoms with van der Waals surface area (Å²) in [7, 11) is 1.43. The molecule has 0 aromatic heterocycles. The van der Waals surface area contributed by atoms with Crippen molar-refractivity contribution in [2.45, 2.75) is 60.3 Å². The predicted molar refractivity (Wildman–Crippen MR) is 83.6 cm³/mol. The lowest BCUT2D eigenvalue weighted by atomic mass is 9.81. The number of hydrogen-bond donors (Lipinski definition) is 0. The average Bonchev–Trinajstić information content (AvgIpc) is 2.50. The van der Waals surface area contributed by atoms with Gasteiger partial charge in [-0.15, -0.1) is 0 Å². The highest BCUT2D eigenvalue weighted by Crippen LogP contribution is 2.27. The second-order valence-corrected chi connectivity index (χ2v) is 4.13. The van der Waals surface area contributed by atoms with Crippen LogP contribution in [0.15, 0.2) is 24.3 Å². The standard InChI is InChI=1S/C13H18O2.2C2H6/c1-5-10-8-6-7-9-11(10)13(2,3)12(14)15-4;2*1-2/h6-9H,5H2,1-4H3;2*1-2H3. The van der Waals surface area contributed by atoms with Crippen LogP contribution in [0.5, 0.6) is 0 Å². The van der Waals surface area contributed by atoms with Crippen LogP contribution < -0.4 is 0 Å². The van der Waals surface area contributed by atoms with Gasteiger partial charge in [0, 0.05) is 0 Å². The molecule has 0 bridgehead atoms.